The van der Waals surface area contributed by atoms with E-state index in [-0.39, 0.29) is 16.7 Å². The fraction of sp³-hybridized carbons (Fsp3) is 0.182. The van der Waals surface area contributed by atoms with E-state index in [1.54, 1.807) is 25.2 Å². The van der Waals surface area contributed by atoms with Gasteiger partial charge in [-0.05, 0) is 23.9 Å². The van der Waals surface area contributed by atoms with E-state index in [1.807, 2.05) is 0 Å². The molecule has 1 aromatic carbocycles. The Labute approximate surface area is 106 Å². The number of anilines is 1. The van der Waals surface area contributed by atoms with Gasteiger partial charge in [0, 0.05) is 23.6 Å². The molecule has 7 heteroatoms. The first-order chi connectivity index (χ1) is 8.35. The Kier molecular flexibility index (Phi) is 3.25. The molecule has 0 saturated carbocycles. The summed E-state index contributed by atoms with van der Waals surface area (Å²) in [4.78, 5) is 0.129. The summed E-state index contributed by atoms with van der Waals surface area (Å²) in [5, 5.41) is 4.12. The molecule has 0 amide bonds. The molecular weight excluding hydrogens is 263 g/mol. The van der Waals surface area contributed by atoms with Gasteiger partial charge in [-0.15, -0.1) is 0 Å². The molecule has 0 unspecified atom stereocenters. The van der Waals surface area contributed by atoms with Crippen molar-refractivity contribution in [3.8, 4) is 11.3 Å². The Morgan fingerprint density at radius 2 is 2.00 bits per heavy atom. The minimum atomic E-state index is -4.29. The third-order valence-corrected chi connectivity index (χ3v) is 3.00. The monoisotopic (exact) mass is 273 g/mol. The van der Waals surface area contributed by atoms with Crippen molar-refractivity contribution in [3.63, 3.8) is 0 Å². The molecular formula is C11H10F3N3S. The van der Waals surface area contributed by atoms with Gasteiger partial charge < -0.3 is 5.73 Å². The smallest absolute Gasteiger partial charge is 0.384 e. The Morgan fingerprint density at radius 3 is 2.56 bits per heavy atom. The molecule has 0 spiro atoms. The van der Waals surface area contributed by atoms with Crippen molar-refractivity contribution < 1.29 is 13.2 Å². The number of thioether (sulfide) groups is 1. The van der Waals surface area contributed by atoms with E-state index in [2.05, 4.69) is 5.10 Å². The fourth-order valence-electron chi connectivity index (χ4n) is 1.48. The van der Waals surface area contributed by atoms with E-state index in [4.69, 9.17) is 5.73 Å². The van der Waals surface area contributed by atoms with E-state index < -0.39 is 5.51 Å². The summed E-state index contributed by atoms with van der Waals surface area (Å²) in [5.41, 5.74) is 2.51. The van der Waals surface area contributed by atoms with Crippen LogP contribution in [0.4, 0.5) is 19.0 Å². The second-order valence-corrected chi connectivity index (χ2v) is 4.79. The van der Waals surface area contributed by atoms with E-state index in [1.165, 1.54) is 16.8 Å². The molecule has 0 aliphatic heterocycles. The van der Waals surface area contributed by atoms with Crippen LogP contribution in [0, 0.1) is 0 Å². The molecule has 0 saturated heterocycles. The molecule has 1 aromatic heterocycles. The third-order valence-electron chi connectivity index (χ3n) is 2.28. The normalized spacial score (nSPS) is 11.8. The van der Waals surface area contributed by atoms with E-state index >= 15 is 0 Å². The van der Waals surface area contributed by atoms with Gasteiger partial charge in [0.1, 0.15) is 5.82 Å². The number of alkyl halides is 3. The molecule has 18 heavy (non-hydrogen) atoms. The van der Waals surface area contributed by atoms with Gasteiger partial charge in [0.25, 0.3) is 0 Å². The van der Waals surface area contributed by atoms with Crippen molar-refractivity contribution in [2.45, 2.75) is 10.4 Å². The number of aryl methyl sites for hydroxylation is 1. The number of halogens is 3. The number of hydrogen-bond donors (Lipinski definition) is 1. The zero-order chi connectivity index (χ0) is 13.3. The molecule has 0 aliphatic carbocycles. The van der Waals surface area contributed by atoms with Crippen LogP contribution in [-0.2, 0) is 7.05 Å². The highest BCUT2D eigenvalue weighted by atomic mass is 32.2. The van der Waals surface area contributed by atoms with Gasteiger partial charge >= 0.3 is 5.51 Å². The van der Waals surface area contributed by atoms with Gasteiger partial charge in [-0.25, -0.2) is 0 Å². The van der Waals surface area contributed by atoms with Crippen LogP contribution in [-0.4, -0.2) is 15.3 Å². The maximum Gasteiger partial charge on any atom is 0.446 e. The van der Waals surface area contributed by atoms with Gasteiger partial charge in [-0.3, -0.25) is 4.68 Å². The predicted molar refractivity (Wildman–Crippen MR) is 65.0 cm³/mol. The van der Waals surface area contributed by atoms with E-state index in [0.717, 1.165) is 0 Å². The molecule has 96 valence electrons. The van der Waals surface area contributed by atoms with Crippen LogP contribution in [0.2, 0.25) is 0 Å². The van der Waals surface area contributed by atoms with Crippen LogP contribution in [0.1, 0.15) is 0 Å². The van der Waals surface area contributed by atoms with Crippen molar-refractivity contribution in [1.29, 1.82) is 0 Å². The molecule has 0 aliphatic rings. The van der Waals surface area contributed by atoms with Gasteiger partial charge in [-0.1, -0.05) is 12.1 Å². The highest BCUT2D eigenvalue weighted by molar-refractivity contribution is 8.00. The maximum absolute atomic E-state index is 12.3. The van der Waals surface area contributed by atoms with Gasteiger partial charge in [0.15, 0.2) is 0 Å². The molecule has 3 nitrogen and oxygen atoms in total. The van der Waals surface area contributed by atoms with Crippen LogP contribution < -0.4 is 5.73 Å². The lowest BCUT2D eigenvalue weighted by molar-refractivity contribution is -0.0328. The number of rotatable bonds is 2. The number of hydrogen-bond acceptors (Lipinski definition) is 3. The molecule has 0 fully saturated rings. The summed E-state index contributed by atoms with van der Waals surface area (Å²) >= 11 is -0.145. The van der Waals surface area contributed by atoms with E-state index in [9.17, 15) is 13.2 Å². The average molecular weight is 273 g/mol. The number of nitrogens with two attached hydrogens (primary N) is 1. The zero-order valence-corrected chi connectivity index (χ0v) is 10.2. The summed E-state index contributed by atoms with van der Waals surface area (Å²) < 4.78 is 38.3. The Hall–Kier alpha value is -1.63. The largest absolute Gasteiger partial charge is 0.446 e. The van der Waals surface area contributed by atoms with Crippen LogP contribution >= 0.6 is 11.8 Å². The molecule has 2 N–H and O–H groups in total. The summed E-state index contributed by atoms with van der Waals surface area (Å²) in [7, 11) is 1.67. The van der Waals surface area contributed by atoms with Crippen molar-refractivity contribution >= 4 is 17.6 Å². The lowest BCUT2D eigenvalue weighted by Crippen LogP contribution is -1.99. The first kappa shape index (κ1) is 12.8. The first-order valence-electron chi connectivity index (χ1n) is 5.01. The highest BCUT2D eigenvalue weighted by Gasteiger charge is 2.29. The summed E-state index contributed by atoms with van der Waals surface area (Å²) in [5.74, 6) is 0.457. The van der Waals surface area contributed by atoms with Crippen molar-refractivity contribution in [2.24, 2.45) is 7.05 Å². The number of nitrogens with zero attached hydrogens (tertiary/aromatic N) is 2. The molecule has 1 heterocycles. The van der Waals surface area contributed by atoms with Gasteiger partial charge in [0.05, 0.1) is 5.69 Å². The van der Waals surface area contributed by atoms with Gasteiger partial charge in [0.2, 0.25) is 0 Å². The third kappa shape index (κ3) is 2.98. The SMILES string of the molecule is Cn1nc(-c2cccc(SC(F)(F)F)c2)cc1N. The van der Waals surface area contributed by atoms with Crippen LogP contribution in [0.25, 0.3) is 11.3 Å². The van der Waals surface area contributed by atoms with E-state index in [0.29, 0.717) is 17.1 Å². The molecule has 0 bridgehead atoms. The minimum Gasteiger partial charge on any atom is -0.384 e. The lowest BCUT2D eigenvalue weighted by Gasteiger charge is -2.06. The molecule has 2 rings (SSSR count). The zero-order valence-electron chi connectivity index (χ0n) is 9.40. The summed E-state index contributed by atoms with van der Waals surface area (Å²) in [6, 6.07) is 7.74. The van der Waals surface area contributed by atoms with Gasteiger partial charge in [-0.2, -0.15) is 18.3 Å². The number of benzene rings is 1. The van der Waals surface area contributed by atoms with Crippen molar-refractivity contribution in [3.05, 3.63) is 30.3 Å². The van der Waals surface area contributed by atoms with Crippen LogP contribution in [0.5, 0.6) is 0 Å². The lowest BCUT2D eigenvalue weighted by atomic mass is 10.1. The van der Waals surface area contributed by atoms with Crippen LogP contribution in [0.3, 0.4) is 0 Å². The second-order valence-electron chi connectivity index (χ2n) is 3.65. The Bertz CT molecular complexity index is 543. The Morgan fingerprint density at radius 1 is 1.28 bits per heavy atom. The topological polar surface area (TPSA) is 43.8 Å². The van der Waals surface area contributed by atoms with Crippen molar-refractivity contribution in [1.82, 2.24) is 9.78 Å². The summed E-state index contributed by atoms with van der Waals surface area (Å²) in [6.07, 6.45) is 0. The molecule has 0 atom stereocenters. The Balaban J connectivity index is 2.32. The first-order valence-corrected chi connectivity index (χ1v) is 5.82. The number of aromatic nitrogens is 2. The highest BCUT2D eigenvalue weighted by Crippen LogP contribution is 2.38. The molecule has 2 aromatic rings. The van der Waals surface area contributed by atoms with Crippen molar-refractivity contribution in [2.75, 3.05) is 5.73 Å². The average Bonchev–Trinajstić information content (AvgIpc) is 2.57. The number of nitrogen functional groups attached to an aromatic ring is 1. The molecule has 0 radical (unpaired) electrons. The minimum absolute atomic E-state index is 0.129. The second kappa shape index (κ2) is 4.56. The van der Waals surface area contributed by atoms with Crippen LogP contribution in [0.15, 0.2) is 35.2 Å². The summed E-state index contributed by atoms with van der Waals surface area (Å²) in [6.45, 7) is 0. The maximum atomic E-state index is 12.3. The standard InChI is InChI=1S/C11H10F3N3S/c1-17-10(15)6-9(16-17)7-3-2-4-8(5-7)18-11(12,13)14/h2-6H,15H2,1H3. The fourth-order valence-corrected chi connectivity index (χ4v) is 2.08. The predicted octanol–water partition coefficient (Wildman–Crippen LogP) is 3.28. The quantitative estimate of drug-likeness (QED) is 0.854.